The van der Waals surface area contributed by atoms with E-state index >= 15 is 0 Å². The van der Waals surface area contributed by atoms with E-state index in [1.165, 1.54) is 5.56 Å². The number of pyridine rings is 1. The van der Waals surface area contributed by atoms with E-state index in [-0.39, 0.29) is 5.91 Å². The van der Waals surface area contributed by atoms with Crippen molar-refractivity contribution in [3.8, 4) is 11.3 Å². The summed E-state index contributed by atoms with van der Waals surface area (Å²) in [7, 11) is 0. The van der Waals surface area contributed by atoms with E-state index in [4.69, 9.17) is 0 Å². The summed E-state index contributed by atoms with van der Waals surface area (Å²) in [5.41, 5.74) is 4.09. The fourth-order valence-corrected chi connectivity index (χ4v) is 3.46. The van der Waals surface area contributed by atoms with E-state index in [0.717, 1.165) is 35.7 Å². The van der Waals surface area contributed by atoms with Crippen LogP contribution in [0.25, 0.3) is 11.3 Å². The van der Waals surface area contributed by atoms with E-state index in [0.29, 0.717) is 19.5 Å². The van der Waals surface area contributed by atoms with E-state index < -0.39 is 0 Å². The number of anilines is 1. The van der Waals surface area contributed by atoms with Crippen LogP contribution in [0.15, 0.2) is 60.9 Å². The molecule has 2 aromatic heterocycles. The summed E-state index contributed by atoms with van der Waals surface area (Å²) in [5, 5.41) is 8.72. The van der Waals surface area contributed by atoms with Crippen LogP contribution >= 0.6 is 0 Å². The average Bonchev–Trinajstić information content (AvgIpc) is 2.75. The second-order valence-electron chi connectivity index (χ2n) is 7.05. The number of hydrogen-bond acceptors (Lipinski definition) is 5. The zero-order chi connectivity index (χ0) is 19.3. The molecule has 0 atom stereocenters. The van der Waals surface area contributed by atoms with Gasteiger partial charge in [0.15, 0.2) is 5.82 Å². The number of benzene rings is 1. The molecule has 3 aromatic rings. The summed E-state index contributed by atoms with van der Waals surface area (Å²) in [6.07, 6.45) is 3.96. The molecule has 4 rings (SSSR count). The van der Waals surface area contributed by atoms with Crippen LogP contribution in [-0.4, -0.2) is 52.2 Å². The third-order valence-corrected chi connectivity index (χ3v) is 5.02. The molecule has 0 spiro atoms. The first-order valence-corrected chi connectivity index (χ1v) is 9.51. The Morgan fingerprint density at radius 3 is 2.43 bits per heavy atom. The third kappa shape index (κ3) is 4.17. The highest BCUT2D eigenvalue weighted by Crippen LogP contribution is 2.19. The molecule has 1 saturated heterocycles. The molecule has 0 radical (unpaired) electrons. The van der Waals surface area contributed by atoms with Crippen LogP contribution in [0.2, 0.25) is 0 Å². The summed E-state index contributed by atoms with van der Waals surface area (Å²) < 4.78 is 0. The standard InChI is InChI=1S/C22H23N5O/c1-17-3-2-4-18(15-17)16-22(28)27-13-11-26(12-14-27)21-6-5-20(24-25-21)19-7-9-23-10-8-19/h2-10,15H,11-14,16H2,1H3. The van der Waals surface area contributed by atoms with Gasteiger partial charge in [0, 0.05) is 44.1 Å². The minimum Gasteiger partial charge on any atom is -0.352 e. The smallest absolute Gasteiger partial charge is 0.227 e. The fourth-order valence-electron chi connectivity index (χ4n) is 3.46. The molecule has 0 saturated carbocycles. The highest BCUT2D eigenvalue weighted by Gasteiger charge is 2.22. The van der Waals surface area contributed by atoms with Gasteiger partial charge < -0.3 is 9.80 Å². The zero-order valence-corrected chi connectivity index (χ0v) is 16.0. The lowest BCUT2D eigenvalue weighted by molar-refractivity contribution is -0.130. The summed E-state index contributed by atoms with van der Waals surface area (Å²) in [6.45, 7) is 5.00. The van der Waals surface area contributed by atoms with Gasteiger partial charge in [-0.05, 0) is 36.8 Å². The zero-order valence-electron chi connectivity index (χ0n) is 16.0. The second-order valence-corrected chi connectivity index (χ2v) is 7.05. The van der Waals surface area contributed by atoms with Gasteiger partial charge in [-0.15, -0.1) is 10.2 Å². The van der Waals surface area contributed by atoms with Crippen molar-refractivity contribution in [1.82, 2.24) is 20.1 Å². The van der Waals surface area contributed by atoms with E-state index in [9.17, 15) is 4.79 Å². The van der Waals surface area contributed by atoms with Crippen molar-refractivity contribution in [2.24, 2.45) is 0 Å². The minimum atomic E-state index is 0.185. The van der Waals surface area contributed by atoms with Crippen molar-refractivity contribution in [2.45, 2.75) is 13.3 Å². The molecule has 0 unspecified atom stereocenters. The van der Waals surface area contributed by atoms with Crippen LogP contribution in [0.1, 0.15) is 11.1 Å². The number of carbonyl (C=O) groups excluding carboxylic acids is 1. The summed E-state index contributed by atoms with van der Waals surface area (Å²) >= 11 is 0. The van der Waals surface area contributed by atoms with Gasteiger partial charge in [-0.3, -0.25) is 9.78 Å². The van der Waals surface area contributed by atoms with Crippen molar-refractivity contribution in [3.63, 3.8) is 0 Å². The molecule has 28 heavy (non-hydrogen) atoms. The molecule has 0 aliphatic carbocycles. The Labute approximate surface area is 164 Å². The lowest BCUT2D eigenvalue weighted by Crippen LogP contribution is -2.49. The molecule has 1 fully saturated rings. The van der Waals surface area contributed by atoms with Crippen LogP contribution in [0, 0.1) is 6.92 Å². The Kier molecular flexibility index (Phi) is 5.28. The van der Waals surface area contributed by atoms with Gasteiger partial charge in [0.2, 0.25) is 5.91 Å². The maximum atomic E-state index is 12.6. The van der Waals surface area contributed by atoms with Crippen molar-refractivity contribution in [2.75, 3.05) is 31.1 Å². The number of aryl methyl sites for hydroxylation is 1. The number of amides is 1. The van der Waals surface area contributed by atoms with Gasteiger partial charge in [-0.25, -0.2) is 0 Å². The molecule has 0 N–H and O–H groups in total. The van der Waals surface area contributed by atoms with Crippen LogP contribution in [0.5, 0.6) is 0 Å². The van der Waals surface area contributed by atoms with Crippen LogP contribution in [0.3, 0.4) is 0 Å². The molecule has 6 heteroatoms. The molecule has 6 nitrogen and oxygen atoms in total. The Hall–Kier alpha value is -3.28. The Morgan fingerprint density at radius 2 is 1.75 bits per heavy atom. The molecule has 0 bridgehead atoms. The van der Waals surface area contributed by atoms with E-state index in [1.54, 1.807) is 12.4 Å². The van der Waals surface area contributed by atoms with Crippen LogP contribution < -0.4 is 4.90 Å². The fraction of sp³-hybridized carbons (Fsp3) is 0.273. The Bertz CT molecular complexity index is 935. The van der Waals surface area contributed by atoms with Crippen molar-refractivity contribution >= 4 is 11.7 Å². The number of carbonyl (C=O) groups is 1. The predicted octanol–water partition coefficient (Wildman–Crippen LogP) is 2.74. The largest absolute Gasteiger partial charge is 0.352 e. The average molecular weight is 373 g/mol. The molecular weight excluding hydrogens is 350 g/mol. The molecular formula is C22H23N5O. The van der Waals surface area contributed by atoms with Gasteiger partial charge in [0.25, 0.3) is 0 Å². The van der Waals surface area contributed by atoms with Crippen LogP contribution in [0.4, 0.5) is 5.82 Å². The molecule has 1 amide bonds. The van der Waals surface area contributed by atoms with Crippen molar-refractivity contribution in [1.29, 1.82) is 0 Å². The predicted molar refractivity (Wildman–Crippen MR) is 109 cm³/mol. The lowest BCUT2D eigenvalue weighted by Gasteiger charge is -2.35. The SMILES string of the molecule is Cc1cccc(CC(=O)N2CCN(c3ccc(-c4ccncc4)nn3)CC2)c1. The van der Waals surface area contributed by atoms with E-state index in [2.05, 4.69) is 26.1 Å². The quantitative estimate of drug-likeness (QED) is 0.704. The highest BCUT2D eigenvalue weighted by atomic mass is 16.2. The van der Waals surface area contributed by atoms with Gasteiger partial charge in [-0.2, -0.15) is 0 Å². The molecule has 1 aliphatic heterocycles. The first kappa shape index (κ1) is 18.1. The number of nitrogens with zero attached hydrogens (tertiary/aromatic N) is 5. The topological polar surface area (TPSA) is 62.2 Å². The third-order valence-electron chi connectivity index (χ3n) is 5.02. The first-order chi connectivity index (χ1) is 13.7. The van der Waals surface area contributed by atoms with Gasteiger partial charge in [0.05, 0.1) is 12.1 Å². The molecule has 1 aromatic carbocycles. The molecule has 142 valence electrons. The minimum absolute atomic E-state index is 0.185. The second kappa shape index (κ2) is 8.17. The maximum Gasteiger partial charge on any atom is 0.227 e. The summed E-state index contributed by atoms with van der Waals surface area (Å²) in [6, 6.07) is 16.0. The highest BCUT2D eigenvalue weighted by molar-refractivity contribution is 5.79. The van der Waals surface area contributed by atoms with Gasteiger partial charge in [-0.1, -0.05) is 29.8 Å². The number of piperazine rings is 1. The Balaban J connectivity index is 1.34. The van der Waals surface area contributed by atoms with Gasteiger partial charge >= 0.3 is 0 Å². The van der Waals surface area contributed by atoms with Crippen molar-refractivity contribution in [3.05, 3.63) is 72.1 Å². The Morgan fingerprint density at radius 1 is 0.964 bits per heavy atom. The van der Waals surface area contributed by atoms with E-state index in [1.807, 2.05) is 54.3 Å². The van der Waals surface area contributed by atoms with Crippen LogP contribution in [-0.2, 0) is 11.2 Å². The summed E-state index contributed by atoms with van der Waals surface area (Å²) in [4.78, 5) is 20.7. The monoisotopic (exact) mass is 373 g/mol. The number of hydrogen-bond donors (Lipinski definition) is 0. The normalized spacial score (nSPS) is 14.2. The molecule has 1 aliphatic rings. The maximum absolute atomic E-state index is 12.6. The molecule has 3 heterocycles. The number of aromatic nitrogens is 3. The first-order valence-electron chi connectivity index (χ1n) is 9.51. The summed E-state index contributed by atoms with van der Waals surface area (Å²) in [5.74, 6) is 1.04. The van der Waals surface area contributed by atoms with Crippen molar-refractivity contribution < 1.29 is 4.79 Å². The van der Waals surface area contributed by atoms with Gasteiger partial charge in [0.1, 0.15) is 0 Å². The number of rotatable bonds is 4. The lowest BCUT2D eigenvalue weighted by atomic mass is 10.1.